The maximum atomic E-state index is 12.3. The molecule has 5 heteroatoms. The van der Waals surface area contributed by atoms with E-state index in [-0.39, 0.29) is 22.4 Å². The molecule has 0 amide bonds. The maximum absolute atomic E-state index is 12.3. The highest BCUT2D eigenvalue weighted by Crippen LogP contribution is 2.31. The molecule has 1 aliphatic rings. The molecule has 2 rings (SSSR count). The molecule has 0 bridgehead atoms. The Kier molecular flexibility index (Phi) is 3.38. The Labute approximate surface area is 108 Å². The molecule has 0 spiro atoms. The van der Waals surface area contributed by atoms with Crippen LogP contribution in [0.5, 0.6) is 0 Å². The van der Waals surface area contributed by atoms with Gasteiger partial charge in [0.1, 0.15) is 0 Å². The van der Waals surface area contributed by atoms with Gasteiger partial charge in [-0.3, -0.25) is 0 Å². The summed E-state index contributed by atoms with van der Waals surface area (Å²) >= 11 is 0. The summed E-state index contributed by atoms with van der Waals surface area (Å²) in [6.07, 6.45) is 1.43. The van der Waals surface area contributed by atoms with Gasteiger partial charge in [0.25, 0.3) is 0 Å². The largest absolute Gasteiger partial charge is 0.398 e. The quantitative estimate of drug-likeness (QED) is 0.852. The number of anilines is 1. The Morgan fingerprint density at radius 2 is 2.06 bits per heavy atom. The maximum Gasteiger partial charge on any atom is 0.182 e. The van der Waals surface area contributed by atoms with Crippen molar-refractivity contribution in [1.29, 1.82) is 0 Å². The zero-order chi connectivity index (χ0) is 13.4. The smallest absolute Gasteiger partial charge is 0.182 e. The summed E-state index contributed by atoms with van der Waals surface area (Å²) in [5.41, 5.74) is 5.80. The summed E-state index contributed by atoms with van der Waals surface area (Å²) in [6, 6.07) is 6.56. The first-order valence-electron chi connectivity index (χ1n) is 6.05. The predicted octanol–water partition coefficient (Wildman–Crippen LogP) is 2.00. The minimum atomic E-state index is -3.37. The number of rotatable bonds is 3. The molecule has 1 heterocycles. The van der Waals surface area contributed by atoms with Crippen LogP contribution in [0.1, 0.15) is 26.7 Å². The van der Waals surface area contributed by atoms with Crippen LogP contribution in [0.15, 0.2) is 29.2 Å². The second kappa shape index (κ2) is 4.55. The number of nitrogens with two attached hydrogens (primary N) is 1. The summed E-state index contributed by atoms with van der Waals surface area (Å²) < 4.78 is 30.2. The molecule has 1 unspecified atom stereocenters. The average Bonchev–Trinajstić information content (AvgIpc) is 2.57. The SMILES string of the molecule is CC1(C)CCC(CS(=O)(=O)c2ccccc2N)O1. The molecule has 0 aromatic heterocycles. The molecular weight excluding hydrogens is 250 g/mol. The highest BCUT2D eigenvalue weighted by molar-refractivity contribution is 7.91. The van der Waals surface area contributed by atoms with Crippen LogP contribution >= 0.6 is 0 Å². The van der Waals surface area contributed by atoms with E-state index >= 15 is 0 Å². The van der Waals surface area contributed by atoms with E-state index in [1.807, 2.05) is 13.8 Å². The van der Waals surface area contributed by atoms with Gasteiger partial charge in [-0.2, -0.15) is 0 Å². The van der Waals surface area contributed by atoms with Gasteiger partial charge >= 0.3 is 0 Å². The molecule has 18 heavy (non-hydrogen) atoms. The fraction of sp³-hybridized carbons (Fsp3) is 0.538. The van der Waals surface area contributed by atoms with Crippen molar-refractivity contribution >= 4 is 15.5 Å². The van der Waals surface area contributed by atoms with Crippen LogP contribution in [-0.2, 0) is 14.6 Å². The van der Waals surface area contributed by atoms with E-state index in [4.69, 9.17) is 10.5 Å². The lowest BCUT2D eigenvalue weighted by Gasteiger charge is -2.19. The highest BCUT2D eigenvalue weighted by Gasteiger charge is 2.35. The second-order valence-electron chi connectivity index (χ2n) is 5.36. The highest BCUT2D eigenvalue weighted by atomic mass is 32.2. The van der Waals surface area contributed by atoms with Crippen LogP contribution in [0, 0.1) is 0 Å². The standard InChI is InChI=1S/C13H19NO3S/c1-13(2)8-7-10(17-13)9-18(15,16)12-6-4-3-5-11(12)14/h3-6,10H,7-9,14H2,1-2H3. The summed E-state index contributed by atoms with van der Waals surface area (Å²) in [5, 5.41) is 0. The van der Waals surface area contributed by atoms with Gasteiger partial charge in [-0.15, -0.1) is 0 Å². The van der Waals surface area contributed by atoms with Gasteiger partial charge in [-0.1, -0.05) is 12.1 Å². The number of nitrogen functional groups attached to an aromatic ring is 1. The molecule has 1 aliphatic heterocycles. The third-order valence-electron chi connectivity index (χ3n) is 3.21. The first-order chi connectivity index (χ1) is 8.30. The van der Waals surface area contributed by atoms with Crippen molar-refractivity contribution in [2.24, 2.45) is 0 Å². The van der Waals surface area contributed by atoms with Crippen LogP contribution in [0.25, 0.3) is 0 Å². The molecular formula is C13H19NO3S. The Bertz CT molecular complexity index is 537. The summed E-state index contributed by atoms with van der Waals surface area (Å²) in [5.74, 6) is 0.00461. The number of para-hydroxylation sites is 1. The fourth-order valence-corrected chi connectivity index (χ4v) is 3.91. The van der Waals surface area contributed by atoms with E-state index in [1.165, 1.54) is 0 Å². The van der Waals surface area contributed by atoms with E-state index in [9.17, 15) is 8.42 Å². The van der Waals surface area contributed by atoms with Crippen molar-refractivity contribution in [2.45, 2.75) is 43.3 Å². The molecule has 2 N–H and O–H groups in total. The zero-order valence-electron chi connectivity index (χ0n) is 10.7. The monoisotopic (exact) mass is 269 g/mol. The average molecular weight is 269 g/mol. The minimum absolute atomic E-state index is 0.00461. The molecule has 0 saturated carbocycles. The van der Waals surface area contributed by atoms with Crippen molar-refractivity contribution in [3.05, 3.63) is 24.3 Å². The van der Waals surface area contributed by atoms with Gasteiger partial charge in [-0.05, 0) is 38.8 Å². The third-order valence-corrected chi connectivity index (χ3v) is 5.07. The number of ether oxygens (including phenoxy) is 1. The van der Waals surface area contributed by atoms with Crippen molar-refractivity contribution in [3.8, 4) is 0 Å². The predicted molar refractivity (Wildman–Crippen MR) is 71.1 cm³/mol. The van der Waals surface area contributed by atoms with Crippen LogP contribution in [0.3, 0.4) is 0 Å². The lowest BCUT2D eigenvalue weighted by Crippen LogP contribution is -2.25. The van der Waals surface area contributed by atoms with Gasteiger partial charge in [0, 0.05) is 0 Å². The van der Waals surface area contributed by atoms with Crippen LogP contribution in [0.2, 0.25) is 0 Å². The van der Waals surface area contributed by atoms with Crippen molar-refractivity contribution in [1.82, 2.24) is 0 Å². The lowest BCUT2D eigenvalue weighted by atomic mass is 10.1. The number of sulfone groups is 1. The Morgan fingerprint density at radius 3 is 2.61 bits per heavy atom. The molecule has 1 fully saturated rings. The Hall–Kier alpha value is -1.07. The molecule has 1 saturated heterocycles. The third kappa shape index (κ3) is 2.84. The van der Waals surface area contributed by atoms with Crippen molar-refractivity contribution < 1.29 is 13.2 Å². The first-order valence-corrected chi connectivity index (χ1v) is 7.70. The molecule has 1 aromatic rings. The summed E-state index contributed by atoms with van der Waals surface area (Å²) in [4.78, 5) is 0.207. The van der Waals surface area contributed by atoms with Gasteiger partial charge in [-0.25, -0.2) is 8.42 Å². The Balaban J connectivity index is 2.17. The number of hydrogen-bond donors (Lipinski definition) is 1. The van der Waals surface area contributed by atoms with Gasteiger partial charge in [0.2, 0.25) is 0 Å². The molecule has 0 radical (unpaired) electrons. The van der Waals surface area contributed by atoms with Crippen LogP contribution in [0.4, 0.5) is 5.69 Å². The molecule has 1 atom stereocenters. The van der Waals surface area contributed by atoms with Crippen LogP contribution < -0.4 is 5.73 Å². The number of hydrogen-bond acceptors (Lipinski definition) is 4. The molecule has 100 valence electrons. The van der Waals surface area contributed by atoms with Gasteiger partial charge < -0.3 is 10.5 Å². The zero-order valence-corrected chi connectivity index (χ0v) is 11.5. The summed E-state index contributed by atoms with van der Waals surface area (Å²) in [6.45, 7) is 3.97. The van der Waals surface area contributed by atoms with Crippen molar-refractivity contribution in [2.75, 3.05) is 11.5 Å². The van der Waals surface area contributed by atoms with E-state index < -0.39 is 9.84 Å². The number of benzene rings is 1. The van der Waals surface area contributed by atoms with Gasteiger partial charge in [0.15, 0.2) is 9.84 Å². The second-order valence-corrected chi connectivity index (χ2v) is 7.36. The summed E-state index contributed by atoms with van der Waals surface area (Å²) in [7, 11) is -3.37. The van der Waals surface area contributed by atoms with E-state index in [0.717, 1.165) is 12.8 Å². The molecule has 0 aliphatic carbocycles. The topological polar surface area (TPSA) is 69.4 Å². The normalized spacial score (nSPS) is 23.1. The van der Waals surface area contributed by atoms with E-state index in [1.54, 1.807) is 24.3 Å². The van der Waals surface area contributed by atoms with Crippen LogP contribution in [-0.4, -0.2) is 25.9 Å². The van der Waals surface area contributed by atoms with E-state index in [0.29, 0.717) is 5.69 Å². The first kappa shape index (κ1) is 13.4. The lowest BCUT2D eigenvalue weighted by molar-refractivity contribution is -0.00527. The van der Waals surface area contributed by atoms with E-state index in [2.05, 4.69) is 0 Å². The minimum Gasteiger partial charge on any atom is -0.398 e. The Morgan fingerprint density at radius 1 is 1.39 bits per heavy atom. The fourth-order valence-electron chi connectivity index (χ4n) is 2.29. The van der Waals surface area contributed by atoms with Crippen molar-refractivity contribution in [3.63, 3.8) is 0 Å². The molecule has 1 aromatic carbocycles. The molecule has 4 nitrogen and oxygen atoms in total. The van der Waals surface area contributed by atoms with Gasteiger partial charge in [0.05, 0.1) is 28.0 Å².